The van der Waals surface area contributed by atoms with Gasteiger partial charge in [-0.15, -0.1) is 0 Å². The summed E-state index contributed by atoms with van der Waals surface area (Å²) in [7, 11) is 0. The van der Waals surface area contributed by atoms with Crippen molar-refractivity contribution >= 4 is 21.7 Å². The first kappa shape index (κ1) is 10.1. The van der Waals surface area contributed by atoms with E-state index in [1.807, 2.05) is 13.1 Å². The quantitative estimate of drug-likeness (QED) is 0.818. The summed E-state index contributed by atoms with van der Waals surface area (Å²) in [6.07, 6.45) is 4.20. The number of aryl methyl sites for hydroxylation is 1. The molecule has 1 N–H and O–H groups in total. The second-order valence-electron chi connectivity index (χ2n) is 4.23. The molecule has 3 heterocycles. The molecule has 2 aromatic heterocycles. The molecule has 0 atom stereocenters. The van der Waals surface area contributed by atoms with E-state index < -0.39 is 0 Å². The number of aromatic nitrogens is 3. The molecule has 0 aromatic carbocycles. The zero-order valence-electron chi connectivity index (χ0n) is 9.23. The largest absolute Gasteiger partial charge is 0.317 e. The van der Waals surface area contributed by atoms with Crippen molar-refractivity contribution in [3.63, 3.8) is 0 Å². The summed E-state index contributed by atoms with van der Waals surface area (Å²) < 4.78 is 5.40. The van der Waals surface area contributed by atoms with Gasteiger partial charge in [0.05, 0.1) is 16.6 Å². The molecule has 0 amide bonds. The molecule has 2 aromatic rings. The molecule has 0 radical (unpaired) electrons. The zero-order valence-corrected chi connectivity index (χ0v) is 10.0. The molecule has 5 heteroatoms. The van der Waals surface area contributed by atoms with Gasteiger partial charge in [-0.3, -0.25) is 0 Å². The van der Waals surface area contributed by atoms with Gasteiger partial charge in [0.15, 0.2) is 0 Å². The zero-order chi connectivity index (χ0) is 11.0. The first-order valence-electron chi connectivity index (χ1n) is 5.64. The number of fused-ring (bicyclic) bond motifs is 1. The van der Waals surface area contributed by atoms with E-state index in [-0.39, 0.29) is 0 Å². The lowest BCUT2D eigenvalue weighted by atomic mass is 9.97. The maximum atomic E-state index is 4.67. The van der Waals surface area contributed by atoms with Gasteiger partial charge in [0.1, 0.15) is 11.3 Å². The van der Waals surface area contributed by atoms with Crippen molar-refractivity contribution in [3.05, 3.63) is 17.7 Å². The van der Waals surface area contributed by atoms with Crippen molar-refractivity contribution in [2.45, 2.75) is 25.7 Å². The van der Waals surface area contributed by atoms with Gasteiger partial charge in [-0.05, 0) is 44.4 Å². The Morgan fingerprint density at radius 2 is 2.19 bits per heavy atom. The topological polar surface area (TPSA) is 50.7 Å². The monoisotopic (exact) mass is 234 g/mol. The Morgan fingerprint density at radius 1 is 1.38 bits per heavy atom. The van der Waals surface area contributed by atoms with E-state index >= 15 is 0 Å². The molecule has 84 valence electrons. The van der Waals surface area contributed by atoms with Gasteiger partial charge < -0.3 is 5.32 Å². The SMILES string of the molecule is Cc1nsc2cnc(C3CCNCC3)nc12. The van der Waals surface area contributed by atoms with E-state index in [1.54, 1.807) is 0 Å². The van der Waals surface area contributed by atoms with Crippen LogP contribution in [-0.4, -0.2) is 27.4 Å². The van der Waals surface area contributed by atoms with Crippen LogP contribution in [0.4, 0.5) is 0 Å². The smallest absolute Gasteiger partial charge is 0.132 e. The molecule has 3 rings (SSSR count). The van der Waals surface area contributed by atoms with Crippen LogP contribution in [0, 0.1) is 6.92 Å². The van der Waals surface area contributed by atoms with Gasteiger partial charge in [-0.1, -0.05) is 0 Å². The Hall–Kier alpha value is -1.07. The normalized spacial score (nSPS) is 18.1. The molecule has 0 saturated carbocycles. The van der Waals surface area contributed by atoms with Gasteiger partial charge in [-0.2, -0.15) is 4.37 Å². The van der Waals surface area contributed by atoms with Crippen LogP contribution >= 0.6 is 11.5 Å². The molecular formula is C11H14N4S. The Balaban J connectivity index is 1.99. The molecule has 4 nitrogen and oxygen atoms in total. The van der Waals surface area contributed by atoms with Crippen molar-refractivity contribution in [1.29, 1.82) is 0 Å². The molecular weight excluding hydrogens is 220 g/mol. The van der Waals surface area contributed by atoms with Crippen LogP contribution in [0.15, 0.2) is 6.20 Å². The highest BCUT2D eigenvalue weighted by molar-refractivity contribution is 7.13. The third-order valence-electron chi connectivity index (χ3n) is 3.10. The first-order chi connectivity index (χ1) is 7.84. The van der Waals surface area contributed by atoms with Crippen molar-refractivity contribution in [3.8, 4) is 0 Å². The predicted molar refractivity (Wildman–Crippen MR) is 64.8 cm³/mol. The molecule has 0 aliphatic carbocycles. The summed E-state index contributed by atoms with van der Waals surface area (Å²) in [5, 5.41) is 3.36. The summed E-state index contributed by atoms with van der Waals surface area (Å²) in [5.74, 6) is 1.52. The molecule has 0 bridgehead atoms. The third-order valence-corrected chi connectivity index (χ3v) is 3.96. The minimum Gasteiger partial charge on any atom is -0.317 e. The van der Waals surface area contributed by atoms with Gasteiger partial charge >= 0.3 is 0 Å². The van der Waals surface area contributed by atoms with Crippen LogP contribution in [-0.2, 0) is 0 Å². The number of nitrogens with zero attached hydrogens (tertiary/aromatic N) is 3. The highest BCUT2D eigenvalue weighted by Crippen LogP contribution is 2.25. The molecule has 0 spiro atoms. The number of nitrogens with one attached hydrogen (secondary N) is 1. The van der Waals surface area contributed by atoms with Crippen LogP contribution in [0.25, 0.3) is 10.2 Å². The number of hydrogen-bond acceptors (Lipinski definition) is 5. The van der Waals surface area contributed by atoms with Crippen molar-refractivity contribution in [2.24, 2.45) is 0 Å². The van der Waals surface area contributed by atoms with E-state index in [0.29, 0.717) is 5.92 Å². The van der Waals surface area contributed by atoms with Gasteiger partial charge in [0.2, 0.25) is 0 Å². The van der Waals surface area contributed by atoms with Gasteiger partial charge in [0.25, 0.3) is 0 Å². The summed E-state index contributed by atoms with van der Waals surface area (Å²) >= 11 is 1.48. The third kappa shape index (κ3) is 1.70. The highest BCUT2D eigenvalue weighted by atomic mass is 32.1. The lowest BCUT2D eigenvalue weighted by Gasteiger charge is -2.20. The van der Waals surface area contributed by atoms with Gasteiger partial charge in [-0.25, -0.2) is 9.97 Å². The van der Waals surface area contributed by atoms with E-state index in [9.17, 15) is 0 Å². The molecule has 1 aliphatic rings. The minimum atomic E-state index is 0.518. The lowest BCUT2D eigenvalue weighted by molar-refractivity contribution is 0.446. The van der Waals surface area contributed by atoms with Gasteiger partial charge in [0, 0.05) is 5.92 Å². The molecule has 0 unspecified atom stereocenters. The lowest BCUT2D eigenvalue weighted by Crippen LogP contribution is -2.27. The van der Waals surface area contributed by atoms with Crippen LogP contribution in [0.5, 0.6) is 0 Å². The fourth-order valence-corrected chi connectivity index (χ4v) is 2.85. The molecule has 1 saturated heterocycles. The van der Waals surface area contributed by atoms with Crippen molar-refractivity contribution in [2.75, 3.05) is 13.1 Å². The summed E-state index contributed by atoms with van der Waals surface area (Å²) in [6.45, 7) is 4.16. The Morgan fingerprint density at radius 3 is 3.00 bits per heavy atom. The summed E-state index contributed by atoms with van der Waals surface area (Å²) in [6, 6.07) is 0. The number of hydrogen-bond donors (Lipinski definition) is 1. The Labute approximate surface area is 98.3 Å². The van der Waals surface area contributed by atoms with Crippen LogP contribution < -0.4 is 5.32 Å². The van der Waals surface area contributed by atoms with E-state index in [1.165, 1.54) is 11.5 Å². The second-order valence-corrected chi connectivity index (χ2v) is 5.04. The van der Waals surface area contributed by atoms with Crippen LogP contribution in [0.2, 0.25) is 0 Å². The molecule has 1 fully saturated rings. The van der Waals surface area contributed by atoms with Crippen LogP contribution in [0.1, 0.15) is 30.3 Å². The first-order valence-corrected chi connectivity index (χ1v) is 6.41. The van der Waals surface area contributed by atoms with Crippen molar-refractivity contribution < 1.29 is 0 Å². The average Bonchev–Trinajstić information content (AvgIpc) is 2.72. The van der Waals surface area contributed by atoms with E-state index in [2.05, 4.69) is 19.7 Å². The molecule has 1 aliphatic heterocycles. The summed E-state index contributed by atoms with van der Waals surface area (Å²) in [4.78, 5) is 9.14. The fraction of sp³-hybridized carbons (Fsp3) is 0.545. The fourth-order valence-electron chi connectivity index (χ4n) is 2.15. The predicted octanol–water partition coefficient (Wildman–Crippen LogP) is 1.86. The van der Waals surface area contributed by atoms with E-state index in [4.69, 9.17) is 0 Å². The maximum Gasteiger partial charge on any atom is 0.132 e. The summed E-state index contributed by atoms with van der Waals surface area (Å²) in [5.41, 5.74) is 2.06. The number of rotatable bonds is 1. The standard InChI is InChI=1S/C11H14N4S/c1-7-10-9(16-15-7)6-13-11(14-10)8-2-4-12-5-3-8/h6,8,12H,2-5H2,1H3. The highest BCUT2D eigenvalue weighted by Gasteiger charge is 2.18. The second kappa shape index (κ2) is 4.07. The van der Waals surface area contributed by atoms with Crippen LogP contribution in [0.3, 0.4) is 0 Å². The maximum absolute atomic E-state index is 4.67. The Bertz CT molecular complexity index is 502. The number of piperidine rings is 1. The van der Waals surface area contributed by atoms with E-state index in [0.717, 1.165) is 47.7 Å². The van der Waals surface area contributed by atoms with Crippen molar-refractivity contribution in [1.82, 2.24) is 19.7 Å². The molecule has 16 heavy (non-hydrogen) atoms. The minimum absolute atomic E-state index is 0.518. The Kier molecular flexibility index (Phi) is 2.57. The average molecular weight is 234 g/mol.